The fraction of sp³-hybridized carbons (Fsp3) is 0.222. The molecule has 1 aromatic rings. The third-order valence-electron chi connectivity index (χ3n) is 1.37. The van der Waals surface area contributed by atoms with Crippen LogP contribution >= 0.6 is 23.2 Å². The van der Waals surface area contributed by atoms with Crippen molar-refractivity contribution in [3.63, 3.8) is 0 Å². The average Bonchev–Trinajstić information content (AvgIpc) is 2.18. The first-order chi connectivity index (χ1) is 8.93. The van der Waals surface area contributed by atoms with Crippen molar-refractivity contribution in [1.29, 1.82) is 0 Å². The van der Waals surface area contributed by atoms with Crippen LogP contribution in [0.4, 0.5) is 10.5 Å². The Balaban J connectivity index is 3.00. The molecule has 5 heteroatoms. The molecular formula is C9H10Cl2N2O. The van der Waals surface area contributed by atoms with E-state index in [1.54, 1.807) is 0 Å². The highest BCUT2D eigenvalue weighted by atomic mass is 35.5. The number of halogens is 2. The summed E-state index contributed by atoms with van der Waals surface area (Å²) in [5, 5.41) is 2.53. The second-order valence-electron chi connectivity index (χ2n) is 2.39. The third kappa shape index (κ3) is 2.79. The van der Waals surface area contributed by atoms with Gasteiger partial charge in [0.25, 0.3) is 0 Å². The topological polar surface area (TPSA) is 32.3 Å². The zero-order chi connectivity index (χ0) is 15.7. The minimum atomic E-state index is -3.11. The van der Waals surface area contributed by atoms with Gasteiger partial charge in [-0.25, -0.2) is 4.79 Å². The van der Waals surface area contributed by atoms with Gasteiger partial charge in [0.1, 0.15) is 0 Å². The van der Waals surface area contributed by atoms with Crippen molar-refractivity contribution in [2.75, 3.05) is 19.3 Å². The zero-order valence-corrected chi connectivity index (χ0v) is 8.36. The monoisotopic (exact) mass is 238 g/mol. The summed E-state index contributed by atoms with van der Waals surface area (Å²) in [6.45, 7) is -6.21. The minimum Gasteiger partial charge on any atom is -0.331 e. The second kappa shape index (κ2) is 4.53. The molecule has 0 aromatic heterocycles. The summed E-state index contributed by atoms with van der Waals surface area (Å²) in [5.74, 6) is 0. The molecule has 0 aliphatic heterocycles. The molecule has 0 fully saturated rings. The lowest BCUT2D eigenvalue weighted by molar-refractivity contribution is 0.230. The third-order valence-corrected chi connectivity index (χ3v) is 2.11. The van der Waals surface area contributed by atoms with Gasteiger partial charge in [-0.2, -0.15) is 0 Å². The van der Waals surface area contributed by atoms with Crippen molar-refractivity contribution in [1.82, 2.24) is 4.90 Å². The molecule has 1 N–H and O–H groups in total. The first-order valence-electron chi connectivity index (χ1n) is 6.49. The summed E-state index contributed by atoms with van der Waals surface area (Å²) >= 11 is 11.4. The van der Waals surface area contributed by atoms with Crippen LogP contribution in [0.15, 0.2) is 18.2 Å². The Hall–Kier alpha value is -0.930. The van der Waals surface area contributed by atoms with Crippen molar-refractivity contribution in [2.45, 2.75) is 0 Å². The number of nitrogens with one attached hydrogen (secondary N) is 1. The lowest BCUT2D eigenvalue weighted by Crippen LogP contribution is -2.27. The van der Waals surface area contributed by atoms with Gasteiger partial charge in [-0.1, -0.05) is 23.2 Å². The molecule has 1 aromatic carbocycles. The molecule has 0 radical (unpaired) electrons. The quantitative estimate of drug-likeness (QED) is 0.802. The SMILES string of the molecule is [2H]C([2H])([2H])N(C(=O)Nc1ccc(Cl)c(Cl)c1)C([2H])([2H])[2H]. The minimum absolute atomic E-state index is 0.128. The van der Waals surface area contributed by atoms with E-state index in [0.29, 0.717) is 0 Å². The van der Waals surface area contributed by atoms with Crippen molar-refractivity contribution in [3.8, 4) is 0 Å². The molecule has 14 heavy (non-hydrogen) atoms. The van der Waals surface area contributed by atoms with E-state index in [1.807, 2.05) is 0 Å². The maximum Gasteiger partial charge on any atom is 0.321 e. The molecule has 0 unspecified atom stereocenters. The van der Waals surface area contributed by atoms with Gasteiger partial charge in [0.2, 0.25) is 0 Å². The molecule has 0 heterocycles. The highest BCUT2D eigenvalue weighted by molar-refractivity contribution is 6.42. The number of nitrogens with zero attached hydrogens (tertiary/aromatic N) is 1. The van der Waals surface area contributed by atoms with Crippen LogP contribution in [0.3, 0.4) is 0 Å². The number of anilines is 1. The molecule has 2 amide bonds. The Morgan fingerprint density at radius 2 is 2.14 bits per heavy atom. The van der Waals surface area contributed by atoms with E-state index >= 15 is 0 Å². The molecule has 0 saturated heterocycles. The molecule has 0 spiro atoms. The molecule has 0 saturated carbocycles. The van der Waals surface area contributed by atoms with Gasteiger partial charge in [0.15, 0.2) is 0 Å². The van der Waals surface area contributed by atoms with Gasteiger partial charge in [-0.3, -0.25) is 0 Å². The number of urea groups is 1. The standard InChI is InChI=1S/C9H10Cl2N2O/c1-13(2)9(14)12-6-3-4-7(10)8(11)5-6/h3-5H,1-2H3,(H,12,14)/i1D3,2D3. The first-order valence-corrected chi connectivity index (χ1v) is 4.25. The van der Waals surface area contributed by atoms with Crippen LogP contribution in [0.2, 0.25) is 10.0 Å². The molecule has 0 aliphatic carbocycles. The summed E-state index contributed by atoms with van der Waals surface area (Å²) in [4.78, 5) is 11.6. The van der Waals surface area contributed by atoms with Gasteiger partial charge in [0, 0.05) is 27.9 Å². The number of benzene rings is 1. The van der Waals surface area contributed by atoms with Crippen LogP contribution in [0.1, 0.15) is 8.22 Å². The van der Waals surface area contributed by atoms with E-state index in [4.69, 9.17) is 31.4 Å². The number of carbonyl (C=O) groups excluding carboxylic acids is 1. The average molecular weight is 239 g/mol. The van der Waals surface area contributed by atoms with Crippen LogP contribution in [-0.4, -0.2) is 24.9 Å². The van der Waals surface area contributed by atoms with Gasteiger partial charge in [-0.05, 0) is 18.2 Å². The van der Waals surface area contributed by atoms with E-state index in [-0.39, 0.29) is 20.6 Å². The summed E-state index contributed by atoms with van der Waals surface area (Å²) in [7, 11) is 0. The van der Waals surface area contributed by atoms with Gasteiger partial charge in [0.05, 0.1) is 10.0 Å². The highest BCUT2D eigenvalue weighted by Crippen LogP contribution is 2.24. The molecule has 76 valence electrons. The largest absolute Gasteiger partial charge is 0.331 e. The molecular weight excluding hydrogens is 223 g/mol. The summed E-state index contributed by atoms with van der Waals surface area (Å²) in [6, 6.07) is 2.74. The molecule has 0 atom stereocenters. The van der Waals surface area contributed by atoms with Crippen molar-refractivity contribution >= 4 is 34.9 Å². The van der Waals surface area contributed by atoms with E-state index in [1.165, 1.54) is 18.2 Å². The molecule has 0 aliphatic rings. The molecule has 1 rings (SSSR count). The number of rotatable bonds is 1. The summed E-state index contributed by atoms with van der Waals surface area (Å²) in [6.07, 6.45) is 0. The van der Waals surface area contributed by atoms with E-state index in [0.717, 1.165) is 0 Å². The van der Waals surface area contributed by atoms with Gasteiger partial charge < -0.3 is 10.2 Å². The maximum absolute atomic E-state index is 11.8. The number of hydrogen-bond donors (Lipinski definition) is 1. The van der Waals surface area contributed by atoms with Crippen molar-refractivity contribution in [3.05, 3.63) is 28.2 Å². The first kappa shape index (κ1) is 5.24. The van der Waals surface area contributed by atoms with E-state index < -0.39 is 20.0 Å². The van der Waals surface area contributed by atoms with E-state index in [9.17, 15) is 4.79 Å². The van der Waals surface area contributed by atoms with Crippen LogP contribution in [-0.2, 0) is 0 Å². The maximum atomic E-state index is 11.8. The highest BCUT2D eigenvalue weighted by Gasteiger charge is 2.05. The van der Waals surface area contributed by atoms with Crippen molar-refractivity contribution in [2.24, 2.45) is 0 Å². The Bertz CT molecular complexity index is 502. The van der Waals surface area contributed by atoms with Crippen LogP contribution in [0, 0.1) is 0 Å². The predicted octanol–water partition coefficient (Wildman–Crippen LogP) is 3.09. The van der Waals surface area contributed by atoms with Gasteiger partial charge >= 0.3 is 6.03 Å². The number of hydrogen-bond acceptors (Lipinski definition) is 1. The molecule has 3 nitrogen and oxygen atoms in total. The van der Waals surface area contributed by atoms with Crippen LogP contribution in [0.25, 0.3) is 0 Å². The van der Waals surface area contributed by atoms with E-state index in [2.05, 4.69) is 5.32 Å². The predicted molar refractivity (Wildman–Crippen MR) is 59.2 cm³/mol. The Morgan fingerprint density at radius 1 is 1.43 bits per heavy atom. The normalized spacial score (nSPS) is 17.9. The lowest BCUT2D eigenvalue weighted by Gasteiger charge is -2.12. The summed E-state index contributed by atoms with van der Waals surface area (Å²) < 4.78 is 42.7. The summed E-state index contributed by atoms with van der Waals surface area (Å²) in [5.41, 5.74) is 0.128. The van der Waals surface area contributed by atoms with Crippen LogP contribution < -0.4 is 5.32 Å². The molecule has 0 bridgehead atoms. The number of amides is 2. The fourth-order valence-corrected chi connectivity index (χ4v) is 1.05. The second-order valence-corrected chi connectivity index (χ2v) is 3.21. The lowest BCUT2D eigenvalue weighted by atomic mass is 10.3. The van der Waals surface area contributed by atoms with Crippen molar-refractivity contribution < 1.29 is 13.0 Å². The Labute approximate surface area is 101 Å². The van der Waals surface area contributed by atoms with Crippen LogP contribution in [0.5, 0.6) is 0 Å². The van der Waals surface area contributed by atoms with Gasteiger partial charge in [-0.15, -0.1) is 0 Å². The Morgan fingerprint density at radius 3 is 2.71 bits per heavy atom. The fourth-order valence-electron chi connectivity index (χ4n) is 0.753. The number of carbonyl (C=O) groups is 1. The smallest absolute Gasteiger partial charge is 0.321 e. The zero-order valence-electron chi connectivity index (χ0n) is 12.8. The Kier molecular flexibility index (Phi) is 1.69.